The fourth-order valence-electron chi connectivity index (χ4n) is 2.04. The molecule has 0 spiro atoms. The Kier molecular flexibility index (Phi) is 4.44. The van der Waals surface area contributed by atoms with Crippen molar-refractivity contribution in [2.24, 2.45) is 0 Å². The first-order chi connectivity index (χ1) is 8.42. The van der Waals surface area contributed by atoms with Gasteiger partial charge < -0.3 is 0 Å². The molecule has 1 aliphatic carbocycles. The van der Waals surface area contributed by atoms with Crippen LogP contribution < -0.4 is 4.72 Å². The molecule has 100 valence electrons. The van der Waals surface area contributed by atoms with Crippen LogP contribution in [-0.2, 0) is 10.0 Å². The average Bonchev–Trinajstić information content (AvgIpc) is 2.77. The summed E-state index contributed by atoms with van der Waals surface area (Å²) >= 11 is 17.6. The van der Waals surface area contributed by atoms with E-state index in [0.717, 1.165) is 25.7 Å². The summed E-state index contributed by atoms with van der Waals surface area (Å²) in [6.45, 7) is 0. The number of benzene rings is 1. The van der Waals surface area contributed by atoms with Crippen LogP contribution >= 0.6 is 34.8 Å². The molecule has 0 bridgehead atoms. The van der Waals surface area contributed by atoms with Crippen LogP contribution in [0.3, 0.4) is 0 Å². The topological polar surface area (TPSA) is 46.2 Å². The molecule has 1 saturated carbocycles. The molecule has 0 aromatic heterocycles. The second-order valence-corrected chi connectivity index (χ2v) is 7.12. The molecule has 3 nitrogen and oxygen atoms in total. The molecule has 0 amide bonds. The van der Waals surface area contributed by atoms with Gasteiger partial charge in [-0.2, -0.15) is 0 Å². The minimum absolute atomic E-state index is 0.0134. The van der Waals surface area contributed by atoms with E-state index in [4.69, 9.17) is 34.8 Å². The number of hydrogen-bond donors (Lipinski definition) is 1. The van der Waals surface area contributed by atoms with Crippen molar-refractivity contribution in [1.82, 2.24) is 4.72 Å². The molecule has 0 heterocycles. The maximum absolute atomic E-state index is 12.2. The van der Waals surface area contributed by atoms with E-state index in [-0.39, 0.29) is 26.0 Å². The summed E-state index contributed by atoms with van der Waals surface area (Å²) < 4.78 is 27.0. The van der Waals surface area contributed by atoms with Gasteiger partial charge in [0.1, 0.15) is 4.90 Å². The highest BCUT2D eigenvalue weighted by molar-refractivity contribution is 7.89. The fourth-order valence-corrected chi connectivity index (χ4v) is 4.33. The minimum Gasteiger partial charge on any atom is -0.208 e. The molecule has 0 aliphatic heterocycles. The Morgan fingerprint density at radius 1 is 1.06 bits per heavy atom. The zero-order chi connectivity index (χ0) is 13.3. The largest absolute Gasteiger partial charge is 0.242 e. The standard InChI is InChI=1S/C11H12Cl3NO2S/c12-8-5-6-9(11(14)10(8)13)18(16,17)15-7-3-1-2-4-7/h5-7,15H,1-4H2. The van der Waals surface area contributed by atoms with Gasteiger partial charge in [-0.15, -0.1) is 0 Å². The van der Waals surface area contributed by atoms with Gasteiger partial charge >= 0.3 is 0 Å². The molecule has 1 aliphatic rings. The van der Waals surface area contributed by atoms with Gasteiger partial charge in [0.2, 0.25) is 10.0 Å². The van der Waals surface area contributed by atoms with E-state index in [1.807, 2.05) is 0 Å². The lowest BCUT2D eigenvalue weighted by molar-refractivity contribution is 0.552. The molecule has 0 radical (unpaired) electrons. The summed E-state index contributed by atoms with van der Waals surface area (Å²) in [5.74, 6) is 0. The van der Waals surface area contributed by atoms with Crippen LogP contribution in [0.25, 0.3) is 0 Å². The summed E-state index contributed by atoms with van der Waals surface area (Å²) in [4.78, 5) is -0.0227. The molecule has 7 heteroatoms. The average molecular weight is 329 g/mol. The highest BCUT2D eigenvalue weighted by atomic mass is 35.5. The number of halogens is 3. The summed E-state index contributed by atoms with van der Waals surface area (Å²) in [5, 5.41) is 0.267. The zero-order valence-corrected chi connectivity index (χ0v) is 12.5. The van der Waals surface area contributed by atoms with Crippen molar-refractivity contribution >= 4 is 44.8 Å². The molecule has 18 heavy (non-hydrogen) atoms. The smallest absolute Gasteiger partial charge is 0.208 e. The quantitative estimate of drug-likeness (QED) is 0.856. The molecule has 1 N–H and O–H groups in total. The maximum atomic E-state index is 12.2. The fraction of sp³-hybridized carbons (Fsp3) is 0.455. The van der Waals surface area contributed by atoms with Crippen LogP contribution in [0, 0.1) is 0 Å². The maximum Gasteiger partial charge on any atom is 0.242 e. The Bertz CT molecular complexity index is 554. The Morgan fingerprint density at radius 2 is 1.67 bits per heavy atom. The Morgan fingerprint density at radius 3 is 2.28 bits per heavy atom. The van der Waals surface area contributed by atoms with Gasteiger partial charge in [0.05, 0.1) is 15.1 Å². The Hall–Kier alpha value is -0.000000000000000167. The summed E-state index contributed by atoms with van der Waals surface area (Å²) in [5.41, 5.74) is 0. The van der Waals surface area contributed by atoms with Crippen molar-refractivity contribution in [3.05, 3.63) is 27.2 Å². The van der Waals surface area contributed by atoms with E-state index in [2.05, 4.69) is 4.72 Å². The summed E-state index contributed by atoms with van der Waals surface area (Å²) in [6.07, 6.45) is 3.81. The Balaban J connectivity index is 2.32. The van der Waals surface area contributed by atoms with Crippen LogP contribution in [0.2, 0.25) is 15.1 Å². The second kappa shape index (κ2) is 5.55. The van der Waals surface area contributed by atoms with E-state index in [9.17, 15) is 8.42 Å². The molecule has 0 atom stereocenters. The zero-order valence-electron chi connectivity index (χ0n) is 9.42. The van der Waals surface area contributed by atoms with Crippen molar-refractivity contribution in [2.45, 2.75) is 36.6 Å². The van der Waals surface area contributed by atoms with Crippen LogP contribution in [0.1, 0.15) is 25.7 Å². The molecule has 2 rings (SSSR count). The summed E-state index contributed by atoms with van der Waals surface area (Å²) in [6, 6.07) is 2.79. The lowest BCUT2D eigenvalue weighted by atomic mass is 10.3. The molecule has 1 fully saturated rings. The first-order valence-electron chi connectivity index (χ1n) is 5.57. The van der Waals surface area contributed by atoms with Gasteiger partial charge in [0, 0.05) is 6.04 Å². The Labute approximate surface area is 121 Å². The van der Waals surface area contributed by atoms with Gasteiger partial charge in [-0.1, -0.05) is 47.6 Å². The van der Waals surface area contributed by atoms with Gasteiger partial charge in [-0.05, 0) is 25.0 Å². The molecule has 1 aromatic carbocycles. The third-order valence-electron chi connectivity index (χ3n) is 2.97. The third-order valence-corrected chi connectivity index (χ3v) is 5.93. The molecule has 0 saturated heterocycles. The lowest BCUT2D eigenvalue weighted by Crippen LogP contribution is -2.32. The van der Waals surface area contributed by atoms with E-state index >= 15 is 0 Å². The highest BCUT2D eigenvalue weighted by Crippen LogP contribution is 2.35. The highest BCUT2D eigenvalue weighted by Gasteiger charge is 2.26. The predicted octanol–water partition coefficient (Wildman–Crippen LogP) is 3.87. The molecular weight excluding hydrogens is 317 g/mol. The first kappa shape index (κ1) is 14.4. The molecule has 1 aromatic rings. The van der Waals surface area contributed by atoms with Crippen molar-refractivity contribution in [2.75, 3.05) is 0 Å². The van der Waals surface area contributed by atoms with Gasteiger partial charge in [0.25, 0.3) is 0 Å². The van der Waals surface area contributed by atoms with Gasteiger partial charge in [-0.25, -0.2) is 13.1 Å². The number of nitrogens with one attached hydrogen (secondary N) is 1. The van der Waals surface area contributed by atoms with Crippen LogP contribution in [0.15, 0.2) is 17.0 Å². The van der Waals surface area contributed by atoms with Crippen LogP contribution in [0.4, 0.5) is 0 Å². The normalized spacial score (nSPS) is 17.3. The minimum atomic E-state index is -3.64. The van der Waals surface area contributed by atoms with Gasteiger partial charge in [0.15, 0.2) is 0 Å². The van der Waals surface area contributed by atoms with Crippen LogP contribution in [0.5, 0.6) is 0 Å². The van der Waals surface area contributed by atoms with Crippen molar-refractivity contribution in [1.29, 1.82) is 0 Å². The monoisotopic (exact) mass is 327 g/mol. The predicted molar refractivity (Wildman–Crippen MR) is 74.0 cm³/mol. The van der Waals surface area contributed by atoms with Crippen molar-refractivity contribution < 1.29 is 8.42 Å². The van der Waals surface area contributed by atoms with Crippen molar-refractivity contribution in [3.63, 3.8) is 0 Å². The van der Waals surface area contributed by atoms with Gasteiger partial charge in [-0.3, -0.25) is 0 Å². The van der Waals surface area contributed by atoms with E-state index < -0.39 is 10.0 Å². The third kappa shape index (κ3) is 2.94. The second-order valence-electron chi connectivity index (χ2n) is 4.28. The number of sulfonamides is 1. The van der Waals surface area contributed by atoms with Crippen LogP contribution in [-0.4, -0.2) is 14.5 Å². The number of hydrogen-bond acceptors (Lipinski definition) is 2. The van der Waals surface area contributed by atoms with E-state index in [0.29, 0.717) is 0 Å². The first-order valence-corrected chi connectivity index (χ1v) is 8.19. The number of rotatable bonds is 3. The summed E-state index contributed by atoms with van der Waals surface area (Å²) in [7, 11) is -3.64. The van der Waals surface area contributed by atoms with E-state index in [1.54, 1.807) is 0 Å². The lowest BCUT2D eigenvalue weighted by Gasteiger charge is -2.14. The molecule has 0 unspecified atom stereocenters. The SMILES string of the molecule is O=S(=O)(NC1CCCC1)c1ccc(Cl)c(Cl)c1Cl. The van der Waals surface area contributed by atoms with E-state index in [1.165, 1.54) is 12.1 Å². The van der Waals surface area contributed by atoms with Crippen molar-refractivity contribution in [3.8, 4) is 0 Å². The molecular formula is C11H12Cl3NO2S.